The number of hydrogen-bond acceptors (Lipinski definition) is 4. The number of anilines is 2. The number of fused-ring (bicyclic) bond motifs is 2. The summed E-state index contributed by atoms with van der Waals surface area (Å²) in [7, 11) is 0. The highest BCUT2D eigenvalue weighted by Gasteiger charge is 2.10. The zero-order chi connectivity index (χ0) is 9.38. The van der Waals surface area contributed by atoms with Crippen LogP contribution in [0.4, 0.5) is 22.9 Å². The van der Waals surface area contributed by atoms with Gasteiger partial charge in [0.2, 0.25) is 0 Å². The summed E-state index contributed by atoms with van der Waals surface area (Å²) >= 11 is 0. The van der Waals surface area contributed by atoms with Crippen LogP contribution < -0.4 is 5.32 Å². The summed E-state index contributed by atoms with van der Waals surface area (Å²) in [6, 6.07) is 7.73. The number of aromatic amines is 1. The molecule has 0 saturated heterocycles. The quantitative estimate of drug-likeness (QED) is 0.565. The number of H-pyrrole nitrogens is 1. The number of nitrogens with zero attached hydrogens (tertiary/aromatic N) is 3. The fourth-order valence-corrected chi connectivity index (χ4v) is 1.36. The number of nitrogens with one attached hydrogen (secondary N) is 2. The zero-order valence-corrected chi connectivity index (χ0v) is 7.23. The van der Waals surface area contributed by atoms with Gasteiger partial charge in [0.1, 0.15) is 11.4 Å². The van der Waals surface area contributed by atoms with Gasteiger partial charge in [-0.3, -0.25) is 5.10 Å². The van der Waals surface area contributed by atoms with E-state index in [0.29, 0.717) is 0 Å². The average Bonchev–Trinajstić information content (AvgIpc) is 2.58. The van der Waals surface area contributed by atoms with E-state index in [1.165, 1.54) is 0 Å². The Hall–Kier alpha value is -2.17. The third-order valence-electron chi connectivity index (χ3n) is 2.05. The molecule has 0 unspecified atom stereocenters. The first-order valence-corrected chi connectivity index (χ1v) is 4.25. The Morgan fingerprint density at radius 3 is 2.86 bits per heavy atom. The van der Waals surface area contributed by atoms with E-state index in [9.17, 15) is 0 Å². The van der Waals surface area contributed by atoms with Crippen molar-refractivity contribution in [3.05, 3.63) is 30.5 Å². The van der Waals surface area contributed by atoms with Crippen molar-refractivity contribution in [2.24, 2.45) is 10.2 Å². The summed E-state index contributed by atoms with van der Waals surface area (Å²) in [5, 5.41) is 18.0. The summed E-state index contributed by atoms with van der Waals surface area (Å²) in [5.74, 6) is 0.777. The second-order valence-electron chi connectivity index (χ2n) is 2.97. The highest BCUT2D eigenvalue weighted by Crippen LogP contribution is 2.35. The van der Waals surface area contributed by atoms with Crippen molar-refractivity contribution in [3.8, 4) is 0 Å². The first-order chi connectivity index (χ1) is 6.93. The molecule has 5 heteroatoms. The molecule has 0 bridgehead atoms. The minimum Gasteiger partial charge on any atom is -0.337 e. The molecule has 2 heterocycles. The Labute approximate surface area is 79.9 Å². The fourth-order valence-electron chi connectivity index (χ4n) is 1.36. The van der Waals surface area contributed by atoms with Gasteiger partial charge in [-0.05, 0) is 12.1 Å². The molecular weight excluding hydrogens is 178 g/mol. The molecule has 3 rings (SSSR count). The maximum Gasteiger partial charge on any atom is 0.154 e. The zero-order valence-electron chi connectivity index (χ0n) is 7.23. The second-order valence-corrected chi connectivity index (χ2v) is 2.97. The van der Waals surface area contributed by atoms with Gasteiger partial charge in [-0.2, -0.15) is 5.10 Å². The van der Waals surface area contributed by atoms with Gasteiger partial charge in [0.15, 0.2) is 5.82 Å². The third-order valence-corrected chi connectivity index (χ3v) is 2.05. The molecule has 0 fully saturated rings. The van der Waals surface area contributed by atoms with Crippen LogP contribution in [0.5, 0.6) is 0 Å². The van der Waals surface area contributed by atoms with Crippen LogP contribution in [-0.4, -0.2) is 10.2 Å². The maximum absolute atomic E-state index is 4.10. The molecule has 0 aliphatic carbocycles. The van der Waals surface area contributed by atoms with Gasteiger partial charge in [-0.1, -0.05) is 12.1 Å². The minimum atomic E-state index is 0.723. The van der Waals surface area contributed by atoms with E-state index in [-0.39, 0.29) is 0 Å². The van der Waals surface area contributed by atoms with Gasteiger partial charge < -0.3 is 5.32 Å². The smallest absolute Gasteiger partial charge is 0.154 e. The largest absolute Gasteiger partial charge is 0.337 e. The number of para-hydroxylation sites is 1. The van der Waals surface area contributed by atoms with Gasteiger partial charge >= 0.3 is 0 Å². The molecule has 0 amide bonds. The normalized spacial score (nSPS) is 12.6. The highest BCUT2D eigenvalue weighted by molar-refractivity contribution is 5.76. The molecule has 2 aromatic rings. The maximum atomic E-state index is 4.10. The molecule has 0 radical (unpaired) electrons. The summed E-state index contributed by atoms with van der Waals surface area (Å²) < 4.78 is 0. The van der Waals surface area contributed by atoms with E-state index in [0.717, 1.165) is 22.9 Å². The molecule has 0 atom stereocenters. The number of rotatable bonds is 0. The fraction of sp³-hybridized carbons (Fsp3) is 0. The van der Waals surface area contributed by atoms with E-state index >= 15 is 0 Å². The summed E-state index contributed by atoms with van der Waals surface area (Å²) in [5.41, 5.74) is 2.48. The monoisotopic (exact) mass is 185 g/mol. The predicted molar refractivity (Wildman–Crippen MR) is 52.5 cm³/mol. The van der Waals surface area contributed by atoms with Crippen molar-refractivity contribution in [1.29, 1.82) is 0 Å². The van der Waals surface area contributed by atoms with Gasteiger partial charge in [-0.25, -0.2) is 0 Å². The molecular formula is C9H7N5. The Kier molecular flexibility index (Phi) is 1.38. The topological polar surface area (TPSA) is 65.4 Å². The van der Waals surface area contributed by atoms with Gasteiger partial charge in [0.25, 0.3) is 0 Å². The molecule has 0 saturated carbocycles. The first kappa shape index (κ1) is 7.25. The molecule has 0 spiro atoms. The lowest BCUT2D eigenvalue weighted by Gasteiger charge is -2.02. The lowest BCUT2D eigenvalue weighted by molar-refractivity contribution is 1.09. The predicted octanol–water partition coefficient (Wildman–Crippen LogP) is 2.88. The van der Waals surface area contributed by atoms with Crippen molar-refractivity contribution in [1.82, 2.24) is 10.2 Å². The van der Waals surface area contributed by atoms with Crippen LogP contribution in [0.2, 0.25) is 0 Å². The van der Waals surface area contributed by atoms with Crippen LogP contribution >= 0.6 is 0 Å². The molecule has 2 N–H and O–H groups in total. The van der Waals surface area contributed by atoms with E-state index in [1.807, 2.05) is 24.3 Å². The summed E-state index contributed by atoms with van der Waals surface area (Å²) in [6.07, 6.45) is 1.64. The van der Waals surface area contributed by atoms with E-state index in [2.05, 4.69) is 25.7 Å². The van der Waals surface area contributed by atoms with Crippen molar-refractivity contribution in [2.75, 3.05) is 5.32 Å². The Morgan fingerprint density at radius 2 is 1.86 bits per heavy atom. The van der Waals surface area contributed by atoms with Crippen LogP contribution in [0.3, 0.4) is 0 Å². The lowest BCUT2D eigenvalue weighted by Crippen LogP contribution is -1.89. The summed E-state index contributed by atoms with van der Waals surface area (Å²) in [4.78, 5) is 0. The van der Waals surface area contributed by atoms with Crippen molar-refractivity contribution in [2.45, 2.75) is 0 Å². The van der Waals surface area contributed by atoms with E-state index < -0.39 is 0 Å². The van der Waals surface area contributed by atoms with Gasteiger partial charge in [0.05, 0.1) is 11.9 Å². The molecule has 68 valence electrons. The SMILES string of the molecule is c1ccc2c(c1)N=Nc1cn[nH]c1N2. The van der Waals surface area contributed by atoms with Crippen molar-refractivity contribution in [3.63, 3.8) is 0 Å². The molecule has 1 aromatic carbocycles. The molecule has 14 heavy (non-hydrogen) atoms. The first-order valence-electron chi connectivity index (χ1n) is 4.25. The standard InChI is InChI=1S/C9H7N5/c1-2-4-7-6(3-1)11-9-8(13-12-7)5-10-14-9/h1-5H,(H2,10,11,14). The highest BCUT2D eigenvalue weighted by atomic mass is 15.3. The minimum absolute atomic E-state index is 0.723. The number of aromatic nitrogens is 2. The molecule has 1 aliphatic heterocycles. The third kappa shape index (κ3) is 0.990. The Balaban J connectivity index is 2.19. The van der Waals surface area contributed by atoms with Crippen LogP contribution in [-0.2, 0) is 0 Å². The summed E-state index contributed by atoms with van der Waals surface area (Å²) in [6.45, 7) is 0. The molecule has 1 aliphatic rings. The number of benzene rings is 1. The van der Waals surface area contributed by atoms with Gasteiger partial charge in [0, 0.05) is 0 Å². The van der Waals surface area contributed by atoms with E-state index in [1.54, 1.807) is 6.20 Å². The lowest BCUT2D eigenvalue weighted by atomic mass is 10.3. The number of azo groups is 1. The van der Waals surface area contributed by atoms with Crippen LogP contribution in [0, 0.1) is 0 Å². The second kappa shape index (κ2) is 2.66. The van der Waals surface area contributed by atoms with Crippen molar-refractivity contribution < 1.29 is 0 Å². The molecule has 1 aromatic heterocycles. The average molecular weight is 185 g/mol. The van der Waals surface area contributed by atoms with Crippen LogP contribution in [0.25, 0.3) is 0 Å². The van der Waals surface area contributed by atoms with Crippen molar-refractivity contribution >= 4 is 22.9 Å². The number of hydrogen-bond donors (Lipinski definition) is 2. The van der Waals surface area contributed by atoms with E-state index in [4.69, 9.17) is 0 Å². The molecule has 5 nitrogen and oxygen atoms in total. The van der Waals surface area contributed by atoms with Crippen LogP contribution in [0.15, 0.2) is 40.7 Å². The Morgan fingerprint density at radius 1 is 1.00 bits per heavy atom. The Bertz CT molecular complexity index is 499. The van der Waals surface area contributed by atoms with Crippen LogP contribution in [0.1, 0.15) is 0 Å². The van der Waals surface area contributed by atoms with Gasteiger partial charge in [-0.15, -0.1) is 10.2 Å².